The Morgan fingerprint density at radius 2 is 1.39 bits per heavy atom. The van der Waals surface area contributed by atoms with E-state index < -0.39 is 34.1 Å². The fourth-order valence-electron chi connectivity index (χ4n) is 5.48. The molecule has 0 aliphatic carbocycles. The lowest BCUT2D eigenvalue weighted by atomic mass is 9.84. The maximum Gasteiger partial charge on any atom is 0.407 e. The highest BCUT2D eigenvalue weighted by molar-refractivity contribution is 7.89. The van der Waals surface area contributed by atoms with Crippen LogP contribution in [0.3, 0.4) is 0 Å². The number of carbonyl (C=O) groups excluding carboxylic acids is 2. The van der Waals surface area contributed by atoms with Crippen molar-refractivity contribution in [3.05, 3.63) is 102 Å². The largest absolute Gasteiger partial charge is 0.453 e. The normalized spacial score (nSPS) is 13.8. The van der Waals surface area contributed by atoms with Gasteiger partial charge in [-0.05, 0) is 60.9 Å². The number of amides is 2. The zero-order valence-corrected chi connectivity index (χ0v) is 27.8. The predicted octanol–water partition coefficient (Wildman–Crippen LogP) is 4.42. The lowest BCUT2D eigenvalue weighted by molar-refractivity contribution is -0.124. The molecule has 0 saturated heterocycles. The number of sulfonamides is 1. The minimum Gasteiger partial charge on any atom is -0.453 e. The lowest BCUT2D eigenvalue weighted by Crippen LogP contribution is -2.52. The molecule has 0 heterocycles. The van der Waals surface area contributed by atoms with Crippen LogP contribution in [-0.4, -0.2) is 73.3 Å². The van der Waals surface area contributed by atoms with Crippen LogP contribution in [0.15, 0.2) is 89.8 Å². The van der Waals surface area contributed by atoms with E-state index >= 15 is 0 Å². The molecule has 4 N–H and O–H groups in total. The molecule has 0 spiro atoms. The summed E-state index contributed by atoms with van der Waals surface area (Å²) in [5.74, 6) is -0.862. The van der Waals surface area contributed by atoms with Crippen molar-refractivity contribution in [1.29, 1.82) is 0 Å². The first-order valence-corrected chi connectivity index (χ1v) is 17.0. The average molecular weight is 654 g/mol. The van der Waals surface area contributed by atoms with Crippen LogP contribution in [0.2, 0.25) is 0 Å². The molecule has 11 heteroatoms. The summed E-state index contributed by atoms with van der Waals surface area (Å²) in [4.78, 5) is 26.3. The third-order valence-corrected chi connectivity index (χ3v) is 9.76. The van der Waals surface area contributed by atoms with Gasteiger partial charge in [0.25, 0.3) is 0 Å². The summed E-state index contributed by atoms with van der Waals surface area (Å²) in [7, 11) is -2.67. The Bertz CT molecular complexity index is 1430. The Kier molecular flexibility index (Phi) is 14.2. The maximum absolute atomic E-state index is 13.8. The highest BCUT2D eigenvalue weighted by atomic mass is 32.2. The monoisotopic (exact) mass is 653 g/mol. The van der Waals surface area contributed by atoms with Crippen molar-refractivity contribution >= 4 is 22.0 Å². The van der Waals surface area contributed by atoms with E-state index in [2.05, 4.69) is 10.6 Å². The Morgan fingerprint density at radius 3 is 1.87 bits per heavy atom. The van der Waals surface area contributed by atoms with Crippen molar-refractivity contribution in [2.75, 3.05) is 20.3 Å². The number of hydrogen-bond acceptors (Lipinski definition) is 7. The number of nitrogens with zero attached hydrogens (tertiary/aromatic N) is 1. The Balaban J connectivity index is 1.75. The second-order valence-corrected chi connectivity index (χ2v) is 13.8. The molecule has 10 nitrogen and oxygen atoms in total. The van der Waals surface area contributed by atoms with Gasteiger partial charge in [0.05, 0.1) is 25.2 Å². The van der Waals surface area contributed by atoms with E-state index in [0.29, 0.717) is 24.8 Å². The Hall–Kier alpha value is -3.77. The summed E-state index contributed by atoms with van der Waals surface area (Å²) >= 11 is 0. The molecule has 250 valence electrons. The topological polar surface area (TPSA) is 145 Å². The minimum absolute atomic E-state index is 0.0140. The highest BCUT2D eigenvalue weighted by Crippen LogP contribution is 2.29. The van der Waals surface area contributed by atoms with Crippen LogP contribution in [0.1, 0.15) is 62.6 Å². The maximum atomic E-state index is 13.8. The molecule has 3 rings (SSSR count). The molecule has 0 fully saturated rings. The molecule has 0 saturated carbocycles. The first kappa shape index (κ1) is 36.7. The molecule has 3 aromatic rings. The molecular formula is C35H47N3O7S. The third-order valence-electron chi connectivity index (χ3n) is 7.83. The van der Waals surface area contributed by atoms with Crippen LogP contribution in [0, 0.1) is 5.92 Å². The van der Waals surface area contributed by atoms with Crippen molar-refractivity contribution < 1.29 is 33.0 Å². The average Bonchev–Trinajstić information content (AvgIpc) is 3.06. The van der Waals surface area contributed by atoms with Gasteiger partial charge in [0.1, 0.15) is 6.04 Å². The summed E-state index contributed by atoms with van der Waals surface area (Å²) in [6, 6.07) is 23.1. The SMILES string of the molecule is COC(=O)N[C@H](C(=O)N[C@@H](C)CCC[C@@H](CO)N(CC(C)C)S(=O)(=O)c1ccc(CO)cc1)C(c1ccccc1)c1ccccc1. The van der Waals surface area contributed by atoms with E-state index in [4.69, 9.17) is 4.74 Å². The first-order chi connectivity index (χ1) is 22.0. The van der Waals surface area contributed by atoms with Gasteiger partial charge in [-0.2, -0.15) is 4.31 Å². The molecule has 0 aliphatic rings. The standard InChI is InChI=1S/C35H47N3O7S/c1-25(2)22-38(46(43,44)31-20-18-27(23-39)19-21-31)30(24-40)17-11-12-26(3)36-34(41)33(37-35(42)45-4)32(28-13-7-5-8-14-28)29-15-9-6-10-16-29/h5-10,13-16,18-21,25-26,30,32-33,39-40H,11-12,17,22-24H2,1-4H3,(H,36,41)(H,37,42)/t26-,30-,33-/m0/s1. The van der Waals surface area contributed by atoms with Crippen LogP contribution in [-0.2, 0) is 26.2 Å². The molecule has 2 amide bonds. The fraction of sp³-hybridized carbons (Fsp3) is 0.429. The van der Waals surface area contributed by atoms with E-state index in [0.717, 1.165) is 11.1 Å². The van der Waals surface area contributed by atoms with E-state index in [1.165, 1.54) is 23.5 Å². The molecule has 0 bridgehead atoms. The number of nitrogens with one attached hydrogen (secondary N) is 2. The Labute approximate surface area is 272 Å². The van der Waals surface area contributed by atoms with Crippen LogP contribution in [0.25, 0.3) is 0 Å². The van der Waals surface area contributed by atoms with E-state index in [1.54, 1.807) is 12.1 Å². The molecule has 3 atom stereocenters. The van der Waals surface area contributed by atoms with Gasteiger partial charge in [-0.25, -0.2) is 13.2 Å². The molecule has 0 radical (unpaired) electrons. The van der Waals surface area contributed by atoms with Crippen LogP contribution in [0.5, 0.6) is 0 Å². The number of rotatable bonds is 17. The van der Waals surface area contributed by atoms with Crippen molar-refractivity contribution in [3.8, 4) is 0 Å². The second-order valence-electron chi connectivity index (χ2n) is 11.9. The predicted molar refractivity (Wildman–Crippen MR) is 177 cm³/mol. The molecule has 0 aliphatic heterocycles. The van der Waals surface area contributed by atoms with Gasteiger partial charge in [0.15, 0.2) is 0 Å². The smallest absolute Gasteiger partial charge is 0.407 e. The first-order valence-electron chi connectivity index (χ1n) is 15.6. The van der Waals surface area contributed by atoms with Gasteiger partial charge in [-0.3, -0.25) is 4.79 Å². The molecule has 46 heavy (non-hydrogen) atoms. The summed E-state index contributed by atoms with van der Waals surface area (Å²) in [6.07, 6.45) is 0.677. The molecule has 0 unspecified atom stereocenters. The van der Waals surface area contributed by atoms with Crippen molar-refractivity contribution in [1.82, 2.24) is 14.9 Å². The number of aliphatic hydroxyl groups excluding tert-OH is 2. The highest BCUT2D eigenvalue weighted by Gasteiger charge is 2.34. The lowest BCUT2D eigenvalue weighted by Gasteiger charge is -2.32. The number of alkyl carbamates (subject to hydrolysis) is 1. The van der Waals surface area contributed by atoms with Crippen LogP contribution in [0.4, 0.5) is 4.79 Å². The van der Waals surface area contributed by atoms with Gasteiger partial charge in [0, 0.05) is 24.5 Å². The zero-order chi connectivity index (χ0) is 33.7. The van der Waals surface area contributed by atoms with Crippen LogP contribution < -0.4 is 10.6 Å². The van der Waals surface area contributed by atoms with Gasteiger partial charge in [-0.1, -0.05) is 86.6 Å². The van der Waals surface area contributed by atoms with Gasteiger partial charge < -0.3 is 25.6 Å². The quantitative estimate of drug-likeness (QED) is 0.169. The number of hydrogen-bond donors (Lipinski definition) is 4. The molecule has 0 aromatic heterocycles. The summed E-state index contributed by atoms with van der Waals surface area (Å²) in [5.41, 5.74) is 2.30. The van der Waals surface area contributed by atoms with Gasteiger partial charge in [-0.15, -0.1) is 0 Å². The molecular weight excluding hydrogens is 606 g/mol. The number of methoxy groups -OCH3 is 1. The van der Waals surface area contributed by atoms with Crippen molar-refractivity contribution in [2.24, 2.45) is 5.92 Å². The fourth-order valence-corrected chi connectivity index (χ4v) is 7.29. The van der Waals surface area contributed by atoms with E-state index in [9.17, 15) is 28.2 Å². The van der Waals surface area contributed by atoms with Crippen LogP contribution >= 0.6 is 0 Å². The number of aliphatic hydroxyl groups is 2. The third kappa shape index (κ3) is 10.1. The zero-order valence-electron chi connectivity index (χ0n) is 27.0. The summed E-state index contributed by atoms with van der Waals surface area (Å²) < 4.78 is 33.5. The minimum atomic E-state index is -3.92. The van der Waals surface area contributed by atoms with E-state index in [-0.39, 0.29) is 42.5 Å². The second kappa shape index (κ2) is 17.8. The number of ether oxygens (including phenoxy) is 1. The van der Waals surface area contributed by atoms with Crippen molar-refractivity contribution in [3.63, 3.8) is 0 Å². The van der Waals surface area contributed by atoms with Gasteiger partial charge >= 0.3 is 6.09 Å². The number of benzene rings is 3. The number of carbonyl (C=O) groups is 2. The van der Waals surface area contributed by atoms with Crippen molar-refractivity contribution in [2.45, 2.75) is 75.6 Å². The Morgan fingerprint density at radius 1 is 0.826 bits per heavy atom. The summed E-state index contributed by atoms with van der Waals surface area (Å²) in [5, 5.41) is 25.4. The molecule has 3 aromatic carbocycles. The summed E-state index contributed by atoms with van der Waals surface area (Å²) in [6.45, 7) is 5.36. The van der Waals surface area contributed by atoms with Gasteiger partial charge in [0.2, 0.25) is 15.9 Å². The van der Waals surface area contributed by atoms with E-state index in [1.807, 2.05) is 81.4 Å².